The number of pyridine rings is 1. The van der Waals surface area contributed by atoms with E-state index in [-0.39, 0.29) is 5.97 Å². The van der Waals surface area contributed by atoms with Crippen molar-refractivity contribution in [2.24, 2.45) is 5.41 Å². The Morgan fingerprint density at radius 2 is 2.24 bits per heavy atom. The van der Waals surface area contributed by atoms with Crippen molar-refractivity contribution < 1.29 is 14.6 Å². The van der Waals surface area contributed by atoms with Crippen LogP contribution >= 0.6 is 11.6 Å². The van der Waals surface area contributed by atoms with Gasteiger partial charge in [-0.25, -0.2) is 4.98 Å². The average molecular weight is 313 g/mol. The van der Waals surface area contributed by atoms with Crippen molar-refractivity contribution in [2.45, 2.75) is 38.9 Å². The lowest BCUT2D eigenvalue weighted by atomic mass is 9.85. The Kier molecular flexibility index (Phi) is 4.56. The van der Waals surface area contributed by atoms with Crippen molar-refractivity contribution >= 4 is 17.6 Å². The van der Waals surface area contributed by atoms with E-state index < -0.39 is 17.1 Å². The molecule has 2 heterocycles. The highest BCUT2D eigenvalue weighted by Gasteiger charge is 2.45. The van der Waals surface area contributed by atoms with Crippen molar-refractivity contribution in [1.29, 1.82) is 0 Å². The van der Waals surface area contributed by atoms with Crippen LogP contribution < -0.4 is 5.32 Å². The van der Waals surface area contributed by atoms with E-state index in [1.54, 1.807) is 39.0 Å². The molecule has 1 aromatic rings. The molecule has 116 valence electrons. The Morgan fingerprint density at radius 3 is 2.86 bits per heavy atom. The van der Waals surface area contributed by atoms with Crippen LogP contribution in [0.15, 0.2) is 18.2 Å². The SMILES string of the molecule is CC(C)(C)C(=O)O[C@H]1CNCC[C@]1(O)c1cccc(Cl)n1. The molecule has 1 aromatic heterocycles. The molecule has 0 spiro atoms. The molecule has 0 saturated carbocycles. The van der Waals surface area contributed by atoms with Crippen molar-refractivity contribution in [3.8, 4) is 0 Å². The third-order valence-corrected chi connectivity index (χ3v) is 3.78. The van der Waals surface area contributed by atoms with Gasteiger partial charge in [0.2, 0.25) is 0 Å². The zero-order valence-electron chi connectivity index (χ0n) is 12.5. The molecule has 0 aliphatic carbocycles. The van der Waals surface area contributed by atoms with Gasteiger partial charge in [-0.1, -0.05) is 17.7 Å². The first-order valence-corrected chi connectivity index (χ1v) is 7.38. The highest BCUT2D eigenvalue weighted by molar-refractivity contribution is 6.29. The molecular weight excluding hydrogens is 292 g/mol. The molecule has 1 saturated heterocycles. The minimum atomic E-state index is -1.32. The lowest BCUT2D eigenvalue weighted by molar-refractivity contribution is -0.180. The molecular formula is C15H21ClN2O3. The number of aromatic nitrogens is 1. The maximum absolute atomic E-state index is 12.1. The molecule has 1 aliphatic heterocycles. The smallest absolute Gasteiger partial charge is 0.311 e. The number of nitrogens with zero attached hydrogens (tertiary/aromatic N) is 1. The monoisotopic (exact) mass is 312 g/mol. The van der Waals surface area contributed by atoms with E-state index in [4.69, 9.17) is 16.3 Å². The highest BCUT2D eigenvalue weighted by atomic mass is 35.5. The maximum atomic E-state index is 12.1. The van der Waals surface area contributed by atoms with Crippen LogP contribution in [0.3, 0.4) is 0 Å². The predicted molar refractivity (Wildman–Crippen MR) is 80.0 cm³/mol. The fraction of sp³-hybridized carbons (Fsp3) is 0.600. The normalized spacial score (nSPS) is 26.4. The van der Waals surface area contributed by atoms with Gasteiger partial charge in [-0.3, -0.25) is 4.79 Å². The molecule has 0 bridgehead atoms. The summed E-state index contributed by atoms with van der Waals surface area (Å²) in [6.45, 7) is 6.34. The number of hydrogen-bond donors (Lipinski definition) is 2. The van der Waals surface area contributed by atoms with Gasteiger partial charge < -0.3 is 15.2 Å². The molecule has 0 aromatic carbocycles. The van der Waals surface area contributed by atoms with E-state index in [0.29, 0.717) is 30.4 Å². The van der Waals surface area contributed by atoms with E-state index in [2.05, 4.69) is 10.3 Å². The van der Waals surface area contributed by atoms with Gasteiger partial charge in [0.1, 0.15) is 16.9 Å². The van der Waals surface area contributed by atoms with Gasteiger partial charge in [0.05, 0.1) is 11.1 Å². The van der Waals surface area contributed by atoms with Crippen LogP contribution in [0.25, 0.3) is 0 Å². The van der Waals surface area contributed by atoms with Crippen molar-refractivity contribution in [3.05, 3.63) is 29.0 Å². The van der Waals surface area contributed by atoms with E-state index in [1.165, 1.54) is 0 Å². The topological polar surface area (TPSA) is 71.5 Å². The number of esters is 1. The zero-order chi connectivity index (χ0) is 15.7. The van der Waals surface area contributed by atoms with Crippen LogP contribution in [0, 0.1) is 5.41 Å². The Balaban J connectivity index is 2.28. The summed E-state index contributed by atoms with van der Waals surface area (Å²) in [6, 6.07) is 5.08. The summed E-state index contributed by atoms with van der Waals surface area (Å²) in [6.07, 6.45) is -0.286. The summed E-state index contributed by atoms with van der Waals surface area (Å²) in [7, 11) is 0. The molecule has 21 heavy (non-hydrogen) atoms. The Bertz CT molecular complexity index is 530. The highest BCUT2D eigenvalue weighted by Crippen LogP contribution is 2.33. The molecule has 0 amide bonds. The molecule has 2 N–H and O–H groups in total. The summed E-state index contributed by atoms with van der Waals surface area (Å²) < 4.78 is 5.53. The number of piperidine rings is 1. The quantitative estimate of drug-likeness (QED) is 0.644. The minimum Gasteiger partial charge on any atom is -0.457 e. The van der Waals surface area contributed by atoms with Crippen molar-refractivity contribution in [1.82, 2.24) is 10.3 Å². The van der Waals surface area contributed by atoms with Crippen LogP contribution in [0.4, 0.5) is 0 Å². The van der Waals surface area contributed by atoms with Gasteiger partial charge in [-0.2, -0.15) is 0 Å². The Hall–Kier alpha value is -1.17. The first-order valence-electron chi connectivity index (χ1n) is 7.01. The number of ether oxygens (including phenoxy) is 1. The third kappa shape index (κ3) is 3.54. The average Bonchev–Trinajstić information content (AvgIpc) is 2.40. The zero-order valence-corrected chi connectivity index (χ0v) is 13.3. The largest absolute Gasteiger partial charge is 0.457 e. The number of rotatable bonds is 2. The summed E-state index contributed by atoms with van der Waals surface area (Å²) in [5.74, 6) is -0.350. The number of halogens is 1. The van der Waals surface area contributed by atoms with Gasteiger partial charge in [-0.15, -0.1) is 0 Å². The molecule has 5 nitrogen and oxygen atoms in total. The van der Waals surface area contributed by atoms with Crippen LogP contribution in [0.5, 0.6) is 0 Å². The number of nitrogens with one attached hydrogen (secondary N) is 1. The second-order valence-electron chi connectivity index (χ2n) is 6.37. The van der Waals surface area contributed by atoms with Crippen LogP contribution in [0.1, 0.15) is 32.9 Å². The summed E-state index contributed by atoms with van der Waals surface area (Å²) >= 11 is 5.91. The van der Waals surface area contributed by atoms with E-state index in [1.807, 2.05) is 0 Å². The molecule has 6 heteroatoms. The number of hydrogen-bond acceptors (Lipinski definition) is 5. The van der Waals surface area contributed by atoms with Gasteiger partial charge in [0.15, 0.2) is 0 Å². The number of carbonyl (C=O) groups is 1. The van der Waals surface area contributed by atoms with Gasteiger partial charge in [0, 0.05) is 6.54 Å². The molecule has 2 atom stereocenters. The van der Waals surface area contributed by atoms with E-state index in [9.17, 15) is 9.90 Å². The predicted octanol–water partition coefficient (Wildman–Crippen LogP) is 1.87. The summed E-state index contributed by atoms with van der Waals surface area (Å²) in [5.41, 5.74) is -1.51. The van der Waals surface area contributed by atoms with Crippen molar-refractivity contribution in [3.63, 3.8) is 0 Å². The summed E-state index contributed by atoms with van der Waals surface area (Å²) in [5, 5.41) is 14.4. The lowest BCUT2D eigenvalue weighted by Crippen LogP contribution is -2.55. The molecule has 1 aliphatic rings. The lowest BCUT2D eigenvalue weighted by Gasteiger charge is -2.40. The second kappa shape index (κ2) is 5.91. The third-order valence-electron chi connectivity index (χ3n) is 3.57. The fourth-order valence-corrected chi connectivity index (χ4v) is 2.39. The second-order valence-corrected chi connectivity index (χ2v) is 6.76. The Labute approximate surface area is 129 Å². The van der Waals surface area contributed by atoms with Crippen LogP contribution in [0.2, 0.25) is 5.15 Å². The summed E-state index contributed by atoms with van der Waals surface area (Å²) in [4.78, 5) is 16.3. The van der Waals surface area contributed by atoms with E-state index >= 15 is 0 Å². The molecule has 0 unspecified atom stereocenters. The van der Waals surface area contributed by atoms with Crippen LogP contribution in [-0.4, -0.2) is 35.3 Å². The number of aliphatic hydroxyl groups is 1. The maximum Gasteiger partial charge on any atom is 0.311 e. The molecule has 0 radical (unpaired) electrons. The van der Waals surface area contributed by atoms with Gasteiger partial charge >= 0.3 is 5.97 Å². The fourth-order valence-electron chi connectivity index (χ4n) is 2.23. The van der Waals surface area contributed by atoms with Gasteiger partial charge in [0.25, 0.3) is 0 Å². The van der Waals surface area contributed by atoms with Crippen molar-refractivity contribution in [2.75, 3.05) is 13.1 Å². The van der Waals surface area contributed by atoms with Gasteiger partial charge in [-0.05, 0) is 45.9 Å². The first-order chi connectivity index (χ1) is 9.73. The Morgan fingerprint density at radius 1 is 1.52 bits per heavy atom. The van der Waals surface area contributed by atoms with E-state index in [0.717, 1.165) is 0 Å². The minimum absolute atomic E-state index is 0.306. The first kappa shape index (κ1) is 16.2. The molecule has 1 fully saturated rings. The van der Waals surface area contributed by atoms with Crippen LogP contribution in [-0.2, 0) is 15.1 Å². The standard InChI is InChI=1S/C15H21ClN2O3/c1-14(2,3)13(19)21-11-9-17-8-7-15(11,20)10-5-4-6-12(16)18-10/h4-6,11,17,20H,7-9H2,1-3H3/t11-,15-/m0/s1. The number of carbonyl (C=O) groups excluding carboxylic acids is 1. The molecule has 2 rings (SSSR count).